The number of hydrogen-bond donors (Lipinski definition) is 2. The molecule has 0 unspecified atom stereocenters. The van der Waals surface area contributed by atoms with Gasteiger partial charge in [0, 0.05) is 10.7 Å². The van der Waals surface area contributed by atoms with Crippen molar-refractivity contribution in [3.63, 3.8) is 0 Å². The van der Waals surface area contributed by atoms with Crippen LogP contribution in [0.25, 0.3) is 0 Å². The Morgan fingerprint density at radius 1 is 0.939 bits per heavy atom. The van der Waals surface area contributed by atoms with Gasteiger partial charge in [-0.3, -0.25) is 10.1 Å². The molecule has 0 aromatic heterocycles. The number of urea groups is 1. The number of fused-ring (bicyclic) bond motifs is 1. The third-order valence-electron chi connectivity index (χ3n) is 5.50. The van der Waals surface area contributed by atoms with Crippen LogP contribution >= 0.6 is 11.6 Å². The highest BCUT2D eigenvalue weighted by Crippen LogP contribution is 2.37. The molecule has 2 N–H and O–H groups in total. The van der Waals surface area contributed by atoms with Crippen molar-refractivity contribution in [2.45, 2.75) is 32.6 Å². The standard InChI is InChI=1S/C25H21ClF2N2O3/c1-14-13-15(29-25(32)30-24(31)23-19(27)7-4-8-20(23)28)9-11-21(14)33-22-12-10-18(26)16-5-2-3-6-17(16)22/h4,7-13H,2-3,5-6H2,1H3,(H2,29,30,31,32). The van der Waals surface area contributed by atoms with Crippen LogP contribution in [0.4, 0.5) is 19.3 Å². The molecule has 0 spiro atoms. The maximum atomic E-state index is 13.7. The summed E-state index contributed by atoms with van der Waals surface area (Å²) in [4.78, 5) is 24.2. The second-order valence-corrected chi connectivity index (χ2v) is 8.20. The lowest BCUT2D eigenvalue weighted by molar-refractivity contribution is 0.0959. The van der Waals surface area contributed by atoms with Crippen molar-refractivity contribution in [3.8, 4) is 11.5 Å². The zero-order chi connectivity index (χ0) is 23.5. The second-order valence-electron chi connectivity index (χ2n) is 7.80. The van der Waals surface area contributed by atoms with Gasteiger partial charge < -0.3 is 10.1 Å². The van der Waals surface area contributed by atoms with Crippen molar-refractivity contribution in [1.82, 2.24) is 5.32 Å². The van der Waals surface area contributed by atoms with Gasteiger partial charge in [0.2, 0.25) is 0 Å². The number of nitrogens with one attached hydrogen (secondary N) is 2. The first-order valence-corrected chi connectivity index (χ1v) is 10.9. The minimum Gasteiger partial charge on any atom is -0.457 e. The molecule has 0 heterocycles. The first kappa shape index (κ1) is 22.7. The van der Waals surface area contributed by atoms with Crippen molar-refractivity contribution >= 4 is 29.2 Å². The third-order valence-corrected chi connectivity index (χ3v) is 5.86. The Hall–Kier alpha value is -3.45. The summed E-state index contributed by atoms with van der Waals surface area (Å²) in [5.74, 6) is -1.91. The van der Waals surface area contributed by atoms with Gasteiger partial charge in [-0.05, 0) is 91.8 Å². The van der Waals surface area contributed by atoms with Crippen LogP contribution in [0.1, 0.15) is 39.9 Å². The average molecular weight is 471 g/mol. The number of anilines is 1. The van der Waals surface area contributed by atoms with Crippen LogP contribution in [0.2, 0.25) is 5.02 Å². The van der Waals surface area contributed by atoms with Crippen molar-refractivity contribution in [1.29, 1.82) is 0 Å². The lowest BCUT2D eigenvalue weighted by Crippen LogP contribution is -2.35. The first-order valence-electron chi connectivity index (χ1n) is 10.5. The smallest absolute Gasteiger partial charge is 0.326 e. The number of hydrogen-bond acceptors (Lipinski definition) is 3. The fourth-order valence-electron chi connectivity index (χ4n) is 3.89. The van der Waals surface area contributed by atoms with Crippen LogP contribution in [-0.4, -0.2) is 11.9 Å². The fraction of sp³-hybridized carbons (Fsp3) is 0.200. The molecule has 0 fully saturated rings. The van der Waals surface area contributed by atoms with Gasteiger partial charge in [0.1, 0.15) is 28.7 Å². The molecule has 0 saturated carbocycles. The first-order chi connectivity index (χ1) is 15.8. The molecular formula is C25H21ClF2N2O3. The summed E-state index contributed by atoms with van der Waals surface area (Å²) in [5, 5.41) is 5.16. The summed E-state index contributed by atoms with van der Waals surface area (Å²) >= 11 is 6.34. The normalized spacial score (nSPS) is 12.6. The highest BCUT2D eigenvalue weighted by atomic mass is 35.5. The number of ether oxygens (including phenoxy) is 1. The molecule has 8 heteroatoms. The molecule has 3 aromatic rings. The molecule has 3 aromatic carbocycles. The number of halogens is 3. The lowest BCUT2D eigenvalue weighted by atomic mass is 9.91. The second kappa shape index (κ2) is 9.58. The Bertz CT molecular complexity index is 1230. The van der Waals surface area contributed by atoms with Gasteiger partial charge in [-0.2, -0.15) is 0 Å². The van der Waals surface area contributed by atoms with Crippen LogP contribution < -0.4 is 15.4 Å². The predicted octanol–water partition coefficient (Wildman–Crippen LogP) is 6.56. The summed E-state index contributed by atoms with van der Waals surface area (Å²) in [6, 6.07) is 10.8. The molecule has 1 aliphatic carbocycles. The Labute approximate surface area is 194 Å². The zero-order valence-electron chi connectivity index (χ0n) is 17.8. The van der Waals surface area contributed by atoms with E-state index >= 15 is 0 Å². The molecule has 170 valence electrons. The Morgan fingerprint density at radius 3 is 2.30 bits per heavy atom. The summed E-state index contributed by atoms with van der Waals surface area (Å²) in [6.07, 6.45) is 4.01. The van der Waals surface area contributed by atoms with Crippen molar-refractivity contribution in [3.05, 3.63) is 87.4 Å². The molecule has 0 saturated heterocycles. The van der Waals surface area contributed by atoms with Gasteiger partial charge in [0.05, 0.1) is 0 Å². The monoisotopic (exact) mass is 470 g/mol. The summed E-state index contributed by atoms with van der Waals surface area (Å²) < 4.78 is 33.6. The number of aryl methyl sites for hydroxylation is 1. The number of amides is 3. The molecule has 33 heavy (non-hydrogen) atoms. The van der Waals surface area contributed by atoms with Crippen molar-refractivity contribution < 1.29 is 23.1 Å². The minimum atomic E-state index is -1.17. The number of rotatable bonds is 4. The van der Waals surface area contributed by atoms with Crippen LogP contribution in [0.3, 0.4) is 0 Å². The van der Waals surface area contributed by atoms with E-state index in [2.05, 4.69) is 5.32 Å². The molecule has 3 amide bonds. The maximum Gasteiger partial charge on any atom is 0.326 e. The summed E-state index contributed by atoms with van der Waals surface area (Å²) in [7, 11) is 0. The van der Waals surface area contributed by atoms with Gasteiger partial charge in [-0.25, -0.2) is 13.6 Å². The number of carbonyl (C=O) groups excluding carboxylic acids is 2. The summed E-state index contributed by atoms with van der Waals surface area (Å²) in [5.41, 5.74) is 2.56. The van der Waals surface area contributed by atoms with Crippen LogP contribution in [0.15, 0.2) is 48.5 Å². The van der Waals surface area contributed by atoms with E-state index in [-0.39, 0.29) is 0 Å². The van der Waals surface area contributed by atoms with Crippen molar-refractivity contribution in [2.24, 2.45) is 0 Å². The van der Waals surface area contributed by atoms with Gasteiger partial charge in [0.25, 0.3) is 5.91 Å². The molecule has 4 rings (SSSR count). The molecule has 0 bridgehead atoms. The minimum absolute atomic E-state index is 0.386. The quantitative estimate of drug-likeness (QED) is 0.453. The molecule has 1 aliphatic rings. The van der Waals surface area contributed by atoms with Gasteiger partial charge in [0.15, 0.2) is 0 Å². The van der Waals surface area contributed by atoms with E-state index in [1.807, 2.05) is 24.4 Å². The fourth-order valence-corrected chi connectivity index (χ4v) is 4.16. The number of carbonyl (C=O) groups is 2. The van der Waals surface area contributed by atoms with Crippen molar-refractivity contribution in [2.75, 3.05) is 5.32 Å². The van der Waals surface area contributed by atoms with Crippen LogP contribution in [0.5, 0.6) is 11.5 Å². The topological polar surface area (TPSA) is 67.4 Å². The lowest BCUT2D eigenvalue weighted by Gasteiger charge is -2.21. The van der Waals surface area contributed by atoms with E-state index in [0.717, 1.165) is 71.3 Å². The Balaban J connectivity index is 1.45. The van der Waals surface area contributed by atoms with E-state index in [0.29, 0.717) is 11.4 Å². The highest BCUT2D eigenvalue weighted by Gasteiger charge is 2.20. The summed E-state index contributed by atoms with van der Waals surface area (Å²) in [6.45, 7) is 1.82. The molecule has 0 radical (unpaired) electrons. The van der Waals surface area contributed by atoms with Gasteiger partial charge in [-0.1, -0.05) is 17.7 Å². The average Bonchev–Trinajstić information content (AvgIpc) is 2.77. The number of imide groups is 1. The van der Waals surface area contributed by atoms with Gasteiger partial charge in [-0.15, -0.1) is 0 Å². The molecular weight excluding hydrogens is 450 g/mol. The van der Waals surface area contributed by atoms with E-state index in [4.69, 9.17) is 16.3 Å². The van der Waals surface area contributed by atoms with Crippen LogP contribution in [0, 0.1) is 18.6 Å². The zero-order valence-corrected chi connectivity index (χ0v) is 18.6. The SMILES string of the molecule is Cc1cc(NC(=O)NC(=O)c2c(F)cccc2F)ccc1Oc1ccc(Cl)c2c1CCCC2. The van der Waals surface area contributed by atoms with E-state index < -0.39 is 29.1 Å². The van der Waals surface area contributed by atoms with Crippen LogP contribution in [-0.2, 0) is 12.8 Å². The third kappa shape index (κ3) is 4.98. The van der Waals surface area contributed by atoms with E-state index in [1.165, 1.54) is 0 Å². The molecule has 0 atom stereocenters. The molecule has 5 nitrogen and oxygen atoms in total. The molecule has 0 aliphatic heterocycles. The van der Waals surface area contributed by atoms with E-state index in [9.17, 15) is 18.4 Å². The highest BCUT2D eigenvalue weighted by molar-refractivity contribution is 6.31. The van der Waals surface area contributed by atoms with Gasteiger partial charge >= 0.3 is 6.03 Å². The van der Waals surface area contributed by atoms with E-state index in [1.54, 1.807) is 18.2 Å². The maximum absolute atomic E-state index is 13.7. The number of benzene rings is 3. The Morgan fingerprint density at radius 2 is 1.61 bits per heavy atom. The largest absolute Gasteiger partial charge is 0.457 e. The Kier molecular flexibility index (Phi) is 6.60. The predicted molar refractivity (Wildman–Crippen MR) is 122 cm³/mol.